The molecule has 122 heavy (non-hydrogen) atoms. The Balaban J connectivity index is 0.000000293. The van der Waals surface area contributed by atoms with Crippen molar-refractivity contribution in [3.8, 4) is 87.9 Å². The smallest absolute Gasteiger partial charge is 0.744 e. The summed E-state index contributed by atoms with van der Waals surface area (Å²) in [5.74, 6) is 0.172. The number of rotatable bonds is 17. The molecule has 0 aromatic heterocycles. The second-order valence-electron chi connectivity index (χ2n) is 25.0. The Bertz CT molecular complexity index is 5810. The van der Waals surface area contributed by atoms with Crippen molar-refractivity contribution in [2.24, 2.45) is 0 Å². The fourth-order valence-corrected chi connectivity index (χ4v) is 12.6. The van der Waals surface area contributed by atoms with E-state index >= 15 is 0 Å². The van der Waals surface area contributed by atoms with E-state index in [0.717, 1.165) is 103 Å². The molecule has 0 heterocycles. The zero-order valence-electron chi connectivity index (χ0n) is 63.1. The van der Waals surface area contributed by atoms with Gasteiger partial charge in [0.15, 0.2) is 11.6 Å². The van der Waals surface area contributed by atoms with Gasteiger partial charge in [0.2, 0.25) is 10.8 Å². The van der Waals surface area contributed by atoms with Crippen LogP contribution in [0.3, 0.4) is 0 Å². The largest absolute Gasteiger partial charge is 1.00 e. The normalized spacial score (nSPS) is 11.5. The topological polar surface area (TPSA) is 266 Å². The predicted molar refractivity (Wildman–Crippen MR) is 400 cm³/mol. The number of ether oxygens (including phenoxy) is 4. The average Bonchev–Trinajstić information content (AvgIpc) is 0.721. The average molecular weight is 1790 g/mol. The number of terminal acetylenes is 2. The molecule has 12 aromatic rings. The van der Waals surface area contributed by atoms with Crippen molar-refractivity contribution in [3.05, 3.63) is 351 Å². The van der Waals surface area contributed by atoms with E-state index in [0.29, 0.717) is 64.9 Å². The summed E-state index contributed by atoms with van der Waals surface area (Å²) in [6, 6.07) is 48.1. The van der Waals surface area contributed by atoms with E-state index in [1.807, 2.05) is 0 Å². The number of hydrogen-bond acceptors (Lipinski definition) is 16. The van der Waals surface area contributed by atoms with E-state index in [4.69, 9.17) is 52.2 Å². The van der Waals surface area contributed by atoms with Gasteiger partial charge in [0.05, 0.1) is 12.0 Å². The van der Waals surface area contributed by atoms with Crippen LogP contribution in [0.15, 0.2) is 277 Å². The zero-order valence-corrected chi connectivity index (χ0v) is 71.0. The van der Waals surface area contributed by atoms with E-state index in [2.05, 4.69) is 11.8 Å². The summed E-state index contributed by atoms with van der Waals surface area (Å²) in [6.07, 6.45) is -12.6. The van der Waals surface area contributed by atoms with Crippen LogP contribution in [0.1, 0.15) is 70.8 Å². The summed E-state index contributed by atoms with van der Waals surface area (Å²) < 4.78 is 308. The molecule has 12 rings (SSSR count). The molecule has 0 aliphatic heterocycles. The van der Waals surface area contributed by atoms with Gasteiger partial charge in [0, 0.05) is 51.6 Å². The summed E-state index contributed by atoms with van der Waals surface area (Å²) in [6.45, 7) is 1.80. The number of halogens is 16. The van der Waals surface area contributed by atoms with E-state index in [9.17, 15) is 106 Å². The summed E-state index contributed by atoms with van der Waals surface area (Å²) in [5.41, 5.74) is -10.2. The second kappa shape index (κ2) is 42.0. The number of hydrogen-bond donors (Lipinski definition) is 4. The molecule has 0 bridgehead atoms. The van der Waals surface area contributed by atoms with E-state index in [1.165, 1.54) is 116 Å². The standard InChI is InChI=1S/C44H30F6O8S.C15H10F6O2.C13H8F2O.C8H4F2.C6H6O5S.2K/c1-4-28-23-27(2)24-38(25-28)57-37-21-22-39(40(26-37)59(52,53)54)58-36-15-7-30(8-16-36)41(51)29-5-13-34(14-6-29)56-35-19-11-32(12-20-35)42(43(45,46)47,44(48,49)50)31-9-17-33(55-3)18-10-31;16-14(17,18)13(15(19,20)21,9-1-5-11(22)6-2-9)10-3-7-12(23)8-4-10;14-11-5-1-9(2-6-11)13(16)10-3-7-12(15)8-4-10;1-2-6-3-7(9)5-8(10)4-6;7-4-1-2-5(8)6(3-4)12(9,10)11;;/h1,5-26H,2-3H3,(H,52,53,54);1-8,22-23H;1-8H;1,3-5H;1-3,7-8H,(H,9,10,11);;/q;;;;;2*+1/p-2. The zero-order chi connectivity index (χ0) is 88.7. The van der Waals surface area contributed by atoms with Crippen LogP contribution in [0, 0.1) is 54.9 Å². The number of aryl methyl sites for hydroxylation is 1. The molecule has 16 nitrogen and oxygen atoms in total. The van der Waals surface area contributed by atoms with Gasteiger partial charge < -0.3 is 48.5 Å². The van der Waals surface area contributed by atoms with Crippen LogP contribution in [0.5, 0.6) is 63.2 Å². The summed E-state index contributed by atoms with van der Waals surface area (Å²) in [4.78, 5) is 23.6. The van der Waals surface area contributed by atoms with Gasteiger partial charge in [-0.25, -0.2) is 34.4 Å². The first-order valence-corrected chi connectivity index (χ1v) is 36.5. The maximum Gasteiger partial charge on any atom is 1.00 e. The molecule has 0 spiro atoms. The Morgan fingerprint density at radius 1 is 0.344 bits per heavy atom. The number of ketones is 2. The van der Waals surface area contributed by atoms with Crippen LogP contribution in [0.4, 0.5) is 70.2 Å². The third-order valence-corrected chi connectivity index (χ3v) is 18.6. The monoisotopic (exact) mass is 1790 g/mol. The molecule has 0 radical (unpaired) electrons. The minimum atomic E-state index is -5.78. The van der Waals surface area contributed by atoms with Crippen molar-refractivity contribution in [2.75, 3.05) is 7.11 Å². The van der Waals surface area contributed by atoms with Gasteiger partial charge in [-0.1, -0.05) is 60.4 Å². The molecule has 622 valence electrons. The van der Waals surface area contributed by atoms with Crippen LogP contribution < -0.4 is 122 Å². The molecular formula is C86H56F16K2O16S2. The SMILES string of the molecule is C#Cc1cc(C)cc(Oc2ccc(Oc3ccc(C(=O)c4ccc(Oc5ccc(C(c6ccc(OC)cc6)(C(F)(F)F)C(F)(F)F)cc5)cc4)cc3)c(S(=O)(=O)[O-])c2)c1.C#Cc1cc(F)cc(F)c1.O=C(c1ccc(F)cc1)c1ccc(F)cc1.O=S(=O)([O-])c1cc(O)ccc1O.Oc1ccc(C(c2ccc(O)cc2)(C(F)(F)F)C(F)(F)F)cc1.[K+].[K+]. The number of phenolic OH excluding ortho intramolecular Hbond substituents is 4. The van der Waals surface area contributed by atoms with Crippen molar-refractivity contribution in [1.82, 2.24) is 0 Å². The Hall–Kier alpha value is -10.5. The van der Waals surface area contributed by atoms with Crippen LogP contribution in [-0.2, 0) is 31.1 Å². The van der Waals surface area contributed by atoms with E-state index < -0.39 is 134 Å². The van der Waals surface area contributed by atoms with Crippen LogP contribution in [-0.4, -0.2) is 89.7 Å². The van der Waals surface area contributed by atoms with Crippen molar-refractivity contribution in [3.63, 3.8) is 0 Å². The number of aromatic hydroxyl groups is 4. The Labute approximate surface area is 770 Å². The van der Waals surface area contributed by atoms with Gasteiger partial charge in [-0.15, -0.1) is 12.8 Å². The molecule has 0 saturated carbocycles. The number of benzene rings is 12. The third-order valence-electron chi connectivity index (χ3n) is 16.9. The number of carbonyl (C=O) groups is 2. The van der Waals surface area contributed by atoms with Gasteiger partial charge in [-0.05, 0) is 235 Å². The first kappa shape index (κ1) is 100. The Morgan fingerprint density at radius 3 is 1.00 bits per heavy atom. The molecule has 0 aliphatic carbocycles. The van der Waals surface area contributed by atoms with Crippen LogP contribution >= 0.6 is 0 Å². The fourth-order valence-electron chi connectivity index (χ4n) is 11.3. The van der Waals surface area contributed by atoms with Gasteiger partial charge in [-0.2, -0.15) is 52.7 Å². The molecule has 0 aliphatic rings. The first-order chi connectivity index (χ1) is 56.1. The Kier molecular flexibility index (Phi) is 34.6. The van der Waals surface area contributed by atoms with Crippen molar-refractivity contribution in [2.45, 2.75) is 52.2 Å². The fraction of sp³-hybridized carbons (Fsp3) is 0.0930. The van der Waals surface area contributed by atoms with Gasteiger partial charge in [0.1, 0.15) is 112 Å². The van der Waals surface area contributed by atoms with Gasteiger partial charge in [-0.3, -0.25) is 9.59 Å². The maximum atomic E-state index is 14.5. The summed E-state index contributed by atoms with van der Waals surface area (Å²) in [5, 5.41) is 35.9. The van der Waals surface area contributed by atoms with Crippen molar-refractivity contribution in [1.29, 1.82) is 0 Å². The molecule has 12 aromatic carbocycles. The number of methoxy groups -OCH3 is 1. The quantitative estimate of drug-likeness (QED) is 0.0165. The summed E-state index contributed by atoms with van der Waals surface area (Å²) >= 11 is 0. The molecule has 0 saturated heterocycles. The number of carbonyl (C=O) groups excluding carboxylic acids is 2. The molecule has 4 N–H and O–H groups in total. The minimum Gasteiger partial charge on any atom is -0.744 e. The summed E-state index contributed by atoms with van der Waals surface area (Å²) in [7, 11) is -8.53. The molecule has 36 heteroatoms. The molecule has 0 unspecified atom stereocenters. The second-order valence-corrected chi connectivity index (χ2v) is 27.7. The molecule has 0 amide bonds. The van der Waals surface area contributed by atoms with Crippen molar-refractivity contribution >= 4 is 31.8 Å². The molecule has 0 fully saturated rings. The number of alkyl halides is 12. The third kappa shape index (κ3) is 25.3. The maximum absolute atomic E-state index is 14.5. The van der Waals surface area contributed by atoms with Gasteiger partial charge in [0.25, 0.3) is 0 Å². The van der Waals surface area contributed by atoms with Crippen LogP contribution in [0.2, 0.25) is 0 Å². The van der Waals surface area contributed by atoms with Crippen molar-refractivity contribution < 1.29 is 248 Å². The Morgan fingerprint density at radius 2 is 0.656 bits per heavy atom. The molecule has 0 atom stereocenters. The predicted octanol–water partition coefficient (Wildman–Crippen LogP) is 14.6. The minimum absolute atomic E-state index is 0. The van der Waals surface area contributed by atoms with E-state index in [-0.39, 0.29) is 165 Å². The van der Waals surface area contributed by atoms with E-state index in [1.54, 1.807) is 25.1 Å². The molecular weight excluding hydrogens is 1740 g/mol. The van der Waals surface area contributed by atoms with Gasteiger partial charge >= 0.3 is 127 Å². The number of phenols is 4. The van der Waals surface area contributed by atoms with Crippen LogP contribution in [0.25, 0.3) is 0 Å². The first-order valence-electron chi connectivity index (χ1n) is 33.7.